The van der Waals surface area contributed by atoms with Gasteiger partial charge >= 0.3 is 0 Å². The number of hydrogen-bond donors (Lipinski definition) is 0. The van der Waals surface area contributed by atoms with E-state index in [1.54, 1.807) is 9.80 Å². The van der Waals surface area contributed by atoms with Crippen LogP contribution in [0.15, 0.2) is 24.3 Å². The molecule has 3 rings (SSSR count). The van der Waals surface area contributed by atoms with E-state index in [0.29, 0.717) is 51.6 Å². The normalized spacial score (nSPS) is 17.8. The first-order valence-electron chi connectivity index (χ1n) is 9.53. The first kappa shape index (κ1) is 20.6. The maximum absolute atomic E-state index is 12.6. The number of ether oxygens (including phenoxy) is 1. The van der Waals surface area contributed by atoms with E-state index in [-0.39, 0.29) is 30.4 Å². The number of rotatable bonds is 6. The van der Waals surface area contributed by atoms with Gasteiger partial charge in [0.25, 0.3) is 0 Å². The highest BCUT2D eigenvalue weighted by Gasteiger charge is 2.26. The number of hydrogen-bond acceptors (Lipinski definition) is 6. The van der Waals surface area contributed by atoms with E-state index >= 15 is 0 Å². The molecular weight excluding hydrogens is 382 g/mol. The molecule has 0 aliphatic carbocycles. The van der Waals surface area contributed by atoms with Crippen molar-refractivity contribution in [3.8, 4) is 5.75 Å². The third kappa shape index (κ3) is 5.45. The lowest BCUT2D eigenvalue weighted by Crippen LogP contribution is -2.49. The highest BCUT2D eigenvalue weighted by molar-refractivity contribution is 7.90. The van der Waals surface area contributed by atoms with E-state index in [1.807, 2.05) is 24.3 Å². The number of nitrogens with zero attached hydrogens (tertiary/aromatic N) is 3. The second kappa shape index (κ2) is 8.91. The molecule has 1 aromatic rings. The molecule has 1 fully saturated rings. The minimum atomic E-state index is -2.98. The van der Waals surface area contributed by atoms with Crippen molar-refractivity contribution in [3.63, 3.8) is 0 Å². The number of sulfone groups is 1. The van der Waals surface area contributed by atoms with Crippen LogP contribution in [0.1, 0.15) is 12.8 Å². The Hall–Kier alpha value is -2.13. The lowest BCUT2D eigenvalue weighted by atomic mass is 10.2. The molecule has 0 unspecified atom stereocenters. The van der Waals surface area contributed by atoms with Crippen LogP contribution in [0.4, 0.5) is 5.69 Å². The fourth-order valence-corrected chi connectivity index (χ4v) is 4.04. The molecule has 0 saturated carbocycles. The minimum Gasteiger partial charge on any atom is -0.490 e. The SMILES string of the molecule is CS(=O)(=O)CCN1CCN(C(=O)CCC(=O)N2CCOc3ccccc32)CC1. The summed E-state index contributed by atoms with van der Waals surface area (Å²) in [5.74, 6) is 0.725. The van der Waals surface area contributed by atoms with Gasteiger partial charge in [-0.25, -0.2) is 8.42 Å². The van der Waals surface area contributed by atoms with Gasteiger partial charge in [-0.1, -0.05) is 12.1 Å². The zero-order chi connectivity index (χ0) is 20.1. The van der Waals surface area contributed by atoms with Gasteiger partial charge in [-0.15, -0.1) is 0 Å². The van der Waals surface area contributed by atoms with Crippen molar-refractivity contribution in [3.05, 3.63) is 24.3 Å². The Kier molecular flexibility index (Phi) is 6.56. The van der Waals surface area contributed by atoms with Crippen molar-refractivity contribution in [2.45, 2.75) is 12.8 Å². The van der Waals surface area contributed by atoms with Crippen LogP contribution in [0.2, 0.25) is 0 Å². The van der Waals surface area contributed by atoms with Gasteiger partial charge in [-0.3, -0.25) is 14.5 Å². The molecule has 0 N–H and O–H groups in total. The Morgan fingerprint density at radius 3 is 2.39 bits per heavy atom. The van der Waals surface area contributed by atoms with Crippen molar-refractivity contribution in [2.75, 3.05) is 62.8 Å². The number of fused-ring (bicyclic) bond motifs is 1. The van der Waals surface area contributed by atoms with E-state index in [4.69, 9.17) is 4.74 Å². The summed E-state index contributed by atoms with van der Waals surface area (Å²) >= 11 is 0. The Morgan fingerprint density at radius 2 is 1.68 bits per heavy atom. The Balaban J connectivity index is 1.45. The first-order valence-corrected chi connectivity index (χ1v) is 11.6. The van der Waals surface area contributed by atoms with Crippen LogP contribution in [0.5, 0.6) is 5.75 Å². The number of benzene rings is 1. The zero-order valence-corrected chi connectivity index (χ0v) is 17.0. The molecule has 0 spiro atoms. The van der Waals surface area contributed by atoms with E-state index < -0.39 is 9.84 Å². The van der Waals surface area contributed by atoms with Gasteiger partial charge < -0.3 is 14.5 Å². The van der Waals surface area contributed by atoms with Gasteiger partial charge in [-0.2, -0.15) is 0 Å². The van der Waals surface area contributed by atoms with E-state index in [2.05, 4.69) is 4.90 Å². The van der Waals surface area contributed by atoms with Crippen molar-refractivity contribution in [1.29, 1.82) is 0 Å². The average Bonchev–Trinajstić information content (AvgIpc) is 2.69. The summed E-state index contributed by atoms with van der Waals surface area (Å²) in [7, 11) is -2.98. The van der Waals surface area contributed by atoms with Crippen LogP contribution in [-0.2, 0) is 19.4 Å². The smallest absolute Gasteiger partial charge is 0.227 e. The number of carbonyl (C=O) groups is 2. The quantitative estimate of drug-likeness (QED) is 0.675. The van der Waals surface area contributed by atoms with Gasteiger partial charge in [0.15, 0.2) is 0 Å². The summed E-state index contributed by atoms with van der Waals surface area (Å²) in [5.41, 5.74) is 0.755. The lowest BCUT2D eigenvalue weighted by molar-refractivity contribution is -0.134. The van der Waals surface area contributed by atoms with Gasteiger partial charge in [0.05, 0.1) is 18.0 Å². The van der Waals surface area contributed by atoms with Crippen LogP contribution in [0.25, 0.3) is 0 Å². The standard InChI is InChI=1S/C19H27N3O5S/c1-28(25,26)15-13-20-8-10-21(11-9-20)18(23)6-7-19(24)22-12-14-27-17-5-3-2-4-16(17)22/h2-5H,6-15H2,1H3. The van der Waals surface area contributed by atoms with Crippen molar-refractivity contribution in [2.24, 2.45) is 0 Å². The van der Waals surface area contributed by atoms with Crippen molar-refractivity contribution < 1.29 is 22.7 Å². The second-order valence-corrected chi connectivity index (χ2v) is 9.47. The molecule has 2 aliphatic heterocycles. The fraction of sp³-hybridized carbons (Fsp3) is 0.579. The molecule has 8 nitrogen and oxygen atoms in total. The second-order valence-electron chi connectivity index (χ2n) is 7.21. The molecule has 154 valence electrons. The predicted octanol–water partition coefficient (Wildman–Crippen LogP) is 0.381. The van der Waals surface area contributed by atoms with E-state index in [1.165, 1.54) is 6.26 Å². The fourth-order valence-electron chi connectivity index (χ4n) is 3.45. The van der Waals surface area contributed by atoms with Crippen molar-refractivity contribution in [1.82, 2.24) is 9.80 Å². The third-order valence-electron chi connectivity index (χ3n) is 5.09. The summed E-state index contributed by atoms with van der Waals surface area (Å²) in [4.78, 5) is 30.6. The molecule has 2 heterocycles. The Bertz CT molecular complexity index is 819. The first-order chi connectivity index (χ1) is 13.3. The number of amides is 2. The van der Waals surface area contributed by atoms with Crippen LogP contribution >= 0.6 is 0 Å². The maximum atomic E-state index is 12.6. The Labute approximate surface area is 166 Å². The number of anilines is 1. The number of para-hydroxylation sites is 2. The summed E-state index contributed by atoms with van der Waals surface area (Å²) in [6.07, 6.45) is 1.58. The lowest BCUT2D eigenvalue weighted by Gasteiger charge is -2.35. The number of carbonyl (C=O) groups excluding carboxylic acids is 2. The van der Waals surface area contributed by atoms with Crippen LogP contribution in [0.3, 0.4) is 0 Å². The topological polar surface area (TPSA) is 87.2 Å². The van der Waals surface area contributed by atoms with Crippen LogP contribution in [-0.4, -0.2) is 87.9 Å². The van der Waals surface area contributed by atoms with Crippen molar-refractivity contribution >= 4 is 27.3 Å². The average molecular weight is 410 g/mol. The summed E-state index contributed by atoms with van der Waals surface area (Å²) in [5, 5.41) is 0. The maximum Gasteiger partial charge on any atom is 0.227 e. The van der Waals surface area contributed by atoms with Gasteiger partial charge in [0.2, 0.25) is 11.8 Å². The minimum absolute atomic E-state index is 0.0299. The molecule has 0 radical (unpaired) electrons. The Morgan fingerprint density at radius 1 is 1.00 bits per heavy atom. The summed E-state index contributed by atoms with van der Waals surface area (Å²) < 4.78 is 28.1. The van der Waals surface area contributed by atoms with Crippen LogP contribution < -0.4 is 9.64 Å². The molecule has 28 heavy (non-hydrogen) atoms. The molecule has 1 saturated heterocycles. The molecule has 1 aromatic carbocycles. The number of piperazine rings is 1. The highest BCUT2D eigenvalue weighted by Crippen LogP contribution is 2.31. The molecule has 2 amide bonds. The summed E-state index contributed by atoms with van der Waals surface area (Å²) in [6, 6.07) is 7.42. The highest BCUT2D eigenvalue weighted by atomic mass is 32.2. The van der Waals surface area contributed by atoms with Crippen LogP contribution in [0, 0.1) is 0 Å². The zero-order valence-electron chi connectivity index (χ0n) is 16.2. The van der Waals surface area contributed by atoms with Gasteiger partial charge in [0, 0.05) is 51.8 Å². The molecule has 0 aromatic heterocycles. The summed E-state index contributed by atoms with van der Waals surface area (Å²) in [6.45, 7) is 3.89. The monoisotopic (exact) mass is 409 g/mol. The van der Waals surface area contributed by atoms with E-state index in [9.17, 15) is 18.0 Å². The van der Waals surface area contributed by atoms with E-state index in [0.717, 1.165) is 5.69 Å². The molecule has 0 bridgehead atoms. The molecule has 2 aliphatic rings. The molecule has 9 heteroatoms. The third-order valence-corrected chi connectivity index (χ3v) is 6.01. The molecule has 0 atom stereocenters. The largest absolute Gasteiger partial charge is 0.490 e. The predicted molar refractivity (Wildman–Crippen MR) is 106 cm³/mol. The van der Waals surface area contributed by atoms with Gasteiger partial charge in [-0.05, 0) is 12.1 Å². The molecular formula is C19H27N3O5S. The van der Waals surface area contributed by atoms with Gasteiger partial charge in [0.1, 0.15) is 22.2 Å².